The van der Waals surface area contributed by atoms with E-state index in [9.17, 15) is 24.6 Å². The van der Waals surface area contributed by atoms with Crippen molar-refractivity contribution in [1.29, 1.82) is 0 Å². The van der Waals surface area contributed by atoms with E-state index in [1.54, 1.807) is 12.1 Å². The number of carboxylic acid groups (broad SMARTS) is 1. The molecule has 0 aromatic heterocycles. The van der Waals surface area contributed by atoms with Gasteiger partial charge in [-0.15, -0.1) is 0 Å². The highest BCUT2D eigenvalue weighted by Gasteiger charge is 2.27. The number of carboxylic acids is 1. The predicted molar refractivity (Wildman–Crippen MR) is 108 cm³/mol. The number of aromatic hydroxyl groups is 1. The van der Waals surface area contributed by atoms with Gasteiger partial charge in [0.2, 0.25) is 11.8 Å². The molecule has 0 spiro atoms. The molecule has 0 radical (unpaired) electrons. The summed E-state index contributed by atoms with van der Waals surface area (Å²) in [6.45, 7) is 0. The Kier molecular flexibility index (Phi) is 10.0. The molecule has 0 unspecified atom stereocenters. The maximum absolute atomic E-state index is 12.6. The Morgan fingerprint density at radius 3 is 2.26 bits per heavy atom. The Labute approximate surface area is 167 Å². The average Bonchev–Trinajstić information content (AvgIpc) is 2.64. The number of thiol groups is 1. The third-order valence-corrected chi connectivity index (χ3v) is 4.81. The van der Waals surface area contributed by atoms with Crippen LogP contribution in [0, 0.1) is 0 Å². The van der Waals surface area contributed by atoms with Crippen molar-refractivity contribution in [3.8, 4) is 5.75 Å². The van der Waals surface area contributed by atoms with Gasteiger partial charge in [-0.25, -0.2) is 4.79 Å². The fraction of sp³-hybridized carbons (Fsp3) is 0.471. The number of carbonyl (C=O) groups is 3. The first kappa shape index (κ1) is 23.1. The summed E-state index contributed by atoms with van der Waals surface area (Å²) in [5.74, 6) is -1.51. The monoisotopic (exact) mass is 415 g/mol. The minimum absolute atomic E-state index is 0.0424. The second-order valence-corrected chi connectivity index (χ2v) is 7.25. The molecule has 0 fully saturated rings. The van der Waals surface area contributed by atoms with Gasteiger partial charge in [0.1, 0.15) is 17.8 Å². The molecule has 0 aliphatic rings. The van der Waals surface area contributed by atoms with Crippen molar-refractivity contribution < 1.29 is 24.6 Å². The van der Waals surface area contributed by atoms with Crippen LogP contribution in [-0.4, -0.2) is 63.9 Å². The zero-order chi connectivity index (χ0) is 20.4. The Bertz CT molecular complexity index is 642. The van der Waals surface area contributed by atoms with Crippen molar-refractivity contribution in [2.75, 3.05) is 17.8 Å². The maximum Gasteiger partial charge on any atom is 0.326 e. The third kappa shape index (κ3) is 8.10. The minimum Gasteiger partial charge on any atom is -0.508 e. The number of rotatable bonds is 11. The number of phenols is 1. The number of nitrogens with two attached hydrogens (primary N) is 1. The number of hydrogen-bond acceptors (Lipinski definition) is 7. The van der Waals surface area contributed by atoms with Crippen LogP contribution in [0.5, 0.6) is 5.75 Å². The Morgan fingerprint density at radius 1 is 1.15 bits per heavy atom. The number of carbonyl (C=O) groups excluding carboxylic acids is 2. The largest absolute Gasteiger partial charge is 0.508 e. The molecular weight excluding hydrogens is 390 g/mol. The van der Waals surface area contributed by atoms with E-state index in [0.29, 0.717) is 17.7 Å². The van der Waals surface area contributed by atoms with Gasteiger partial charge in [0.25, 0.3) is 0 Å². The molecule has 2 amide bonds. The molecule has 8 nitrogen and oxygen atoms in total. The van der Waals surface area contributed by atoms with Crippen molar-refractivity contribution in [3.63, 3.8) is 0 Å². The Balaban J connectivity index is 2.82. The van der Waals surface area contributed by atoms with Gasteiger partial charge in [-0.3, -0.25) is 9.59 Å². The zero-order valence-electron chi connectivity index (χ0n) is 14.9. The Morgan fingerprint density at radius 2 is 1.74 bits per heavy atom. The van der Waals surface area contributed by atoms with Gasteiger partial charge in [-0.1, -0.05) is 12.1 Å². The van der Waals surface area contributed by atoms with Gasteiger partial charge in [0.05, 0.1) is 6.04 Å². The highest BCUT2D eigenvalue weighted by molar-refractivity contribution is 7.98. The number of thioether (sulfide) groups is 1. The second-order valence-electron chi connectivity index (χ2n) is 5.90. The molecule has 0 saturated heterocycles. The molecule has 150 valence electrons. The fourth-order valence-electron chi connectivity index (χ4n) is 2.21. The van der Waals surface area contributed by atoms with Crippen LogP contribution in [0.2, 0.25) is 0 Å². The summed E-state index contributed by atoms with van der Waals surface area (Å²) in [5, 5.41) is 23.7. The van der Waals surface area contributed by atoms with E-state index in [1.807, 2.05) is 6.26 Å². The lowest BCUT2D eigenvalue weighted by atomic mass is 10.0. The van der Waals surface area contributed by atoms with Crippen LogP contribution in [0.3, 0.4) is 0 Å². The number of nitrogens with one attached hydrogen (secondary N) is 2. The summed E-state index contributed by atoms with van der Waals surface area (Å²) in [6, 6.07) is 3.12. The van der Waals surface area contributed by atoms with E-state index >= 15 is 0 Å². The van der Waals surface area contributed by atoms with Crippen molar-refractivity contribution in [2.45, 2.75) is 31.0 Å². The number of phenolic OH excluding ortho intramolecular Hbond substituents is 1. The van der Waals surface area contributed by atoms with Crippen LogP contribution in [0.25, 0.3) is 0 Å². The molecule has 0 aliphatic heterocycles. The zero-order valence-corrected chi connectivity index (χ0v) is 16.6. The molecule has 6 N–H and O–H groups in total. The lowest BCUT2D eigenvalue weighted by Gasteiger charge is -2.22. The Hall–Kier alpha value is -1.91. The normalized spacial score (nSPS) is 14.0. The molecule has 3 atom stereocenters. The van der Waals surface area contributed by atoms with E-state index in [4.69, 9.17) is 5.73 Å². The molecular formula is C17H25N3O5S2. The summed E-state index contributed by atoms with van der Waals surface area (Å²) in [7, 11) is 0. The van der Waals surface area contributed by atoms with Gasteiger partial charge >= 0.3 is 5.97 Å². The molecule has 1 aromatic carbocycles. The molecule has 0 bridgehead atoms. The second kappa shape index (κ2) is 11.7. The molecule has 27 heavy (non-hydrogen) atoms. The van der Waals surface area contributed by atoms with Crippen LogP contribution >= 0.6 is 24.4 Å². The highest BCUT2D eigenvalue weighted by atomic mass is 32.2. The number of benzene rings is 1. The van der Waals surface area contributed by atoms with Crippen molar-refractivity contribution in [2.24, 2.45) is 5.73 Å². The average molecular weight is 416 g/mol. The van der Waals surface area contributed by atoms with E-state index in [0.717, 1.165) is 0 Å². The standard InChI is InChI=1S/C17H25N3O5S2/c1-27-7-6-13(19-15(22)12(18)9-26)16(23)20-14(17(24)25)8-10-2-4-11(21)5-3-10/h2-5,12-14,21,26H,6-9,18H2,1H3,(H,19,22)(H,20,23)(H,24,25)/t12-,13-,14-/m0/s1. The van der Waals surface area contributed by atoms with Crippen LogP contribution in [0.15, 0.2) is 24.3 Å². The van der Waals surface area contributed by atoms with Crippen molar-refractivity contribution >= 4 is 42.2 Å². The molecule has 10 heteroatoms. The summed E-state index contributed by atoms with van der Waals surface area (Å²) >= 11 is 5.46. The first-order valence-electron chi connectivity index (χ1n) is 8.25. The molecule has 0 heterocycles. The number of amides is 2. The highest BCUT2D eigenvalue weighted by Crippen LogP contribution is 2.12. The quantitative estimate of drug-likeness (QED) is 0.279. The molecule has 1 aromatic rings. The van der Waals surface area contributed by atoms with Gasteiger partial charge in [0.15, 0.2) is 0 Å². The first-order valence-corrected chi connectivity index (χ1v) is 10.3. The predicted octanol–water partition coefficient (Wildman–Crippen LogP) is -0.000900. The smallest absolute Gasteiger partial charge is 0.326 e. The van der Waals surface area contributed by atoms with Gasteiger partial charge < -0.3 is 26.6 Å². The van der Waals surface area contributed by atoms with E-state index in [1.165, 1.54) is 23.9 Å². The minimum atomic E-state index is -1.20. The molecule has 0 aliphatic carbocycles. The molecule has 0 saturated carbocycles. The molecule has 1 rings (SSSR count). The van der Waals surface area contributed by atoms with Crippen LogP contribution in [0.4, 0.5) is 0 Å². The van der Waals surface area contributed by atoms with Crippen molar-refractivity contribution in [3.05, 3.63) is 29.8 Å². The number of hydrogen-bond donors (Lipinski definition) is 6. The van der Waals surface area contributed by atoms with E-state index in [-0.39, 0.29) is 17.9 Å². The number of aliphatic carboxylic acids is 1. The first-order chi connectivity index (χ1) is 12.8. The van der Waals surface area contributed by atoms with Crippen LogP contribution in [-0.2, 0) is 20.8 Å². The summed E-state index contributed by atoms with van der Waals surface area (Å²) < 4.78 is 0. The third-order valence-electron chi connectivity index (χ3n) is 3.77. The summed E-state index contributed by atoms with van der Waals surface area (Å²) in [5.41, 5.74) is 6.26. The fourth-order valence-corrected chi connectivity index (χ4v) is 2.84. The van der Waals surface area contributed by atoms with Gasteiger partial charge in [-0.05, 0) is 36.1 Å². The van der Waals surface area contributed by atoms with E-state index in [2.05, 4.69) is 23.3 Å². The van der Waals surface area contributed by atoms with E-state index < -0.39 is 35.9 Å². The summed E-state index contributed by atoms with van der Waals surface area (Å²) in [4.78, 5) is 36.1. The lowest BCUT2D eigenvalue weighted by molar-refractivity contribution is -0.142. The maximum atomic E-state index is 12.6. The van der Waals surface area contributed by atoms with Crippen LogP contribution < -0.4 is 16.4 Å². The topological polar surface area (TPSA) is 142 Å². The van der Waals surface area contributed by atoms with Crippen LogP contribution in [0.1, 0.15) is 12.0 Å². The van der Waals surface area contributed by atoms with Crippen molar-refractivity contribution in [1.82, 2.24) is 10.6 Å². The summed E-state index contributed by atoms with van der Waals surface area (Å²) in [6.07, 6.45) is 2.24. The lowest BCUT2D eigenvalue weighted by Crippen LogP contribution is -2.55. The SMILES string of the molecule is CSCC[C@H](NC(=O)[C@@H](N)CS)C(=O)N[C@@H](Cc1ccc(O)cc1)C(=O)O. The van der Waals surface area contributed by atoms with Gasteiger partial charge in [-0.2, -0.15) is 24.4 Å². The van der Waals surface area contributed by atoms with Gasteiger partial charge in [0, 0.05) is 12.2 Å².